The van der Waals surface area contributed by atoms with Gasteiger partial charge < -0.3 is 14.6 Å². The summed E-state index contributed by atoms with van der Waals surface area (Å²) in [6.45, 7) is 3.85. The standard InChI is InChI=1S/C18H20FNO3/c1-13(21)9-20(10-14-2-5-16(19)6-3-14)11-15-4-7-17-18(8-15)23-12-22-17/h2-8,13,21H,9-12H2,1H3/t13-/m0/s1. The van der Waals surface area contributed by atoms with Gasteiger partial charge in [0.1, 0.15) is 5.82 Å². The van der Waals surface area contributed by atoms with Gasteiger partial charge in [0.05, 0.1) is 6.10 Å². The second kappa shape index (κ2) is 6.98. The van der Waals surface area contributed by atoms with Crippen LogP contribution in [0.4, 0.5) is 4.39 Å². The number of nitrogens with zero attached hydrogens (tertiary/aromatic N) is 1. The Morgan fingerprint density at radius 1 is 1.04 bits per heavy atom. The molecule has 0 aliphatic carbocycles. The van der Waals surface area contributed by atoms with Gasteiger partial charge >= 0.3 is 0 Å². The highest BCUT2D eigenvalue weighted by Crippen LogP contribution is 2.32. The quantitative estimate of drug-likeness (QED) is 0.889. The molecule has 5 heteroatoms. The molecular formula is C18H20FNO3. The van der Waals surface area contributed by atoms with Crippen LogP contribution in [0.25, 0.3) is 0 Å². The van der Waals surface area contributed by atoms with Crippen molar-refractivity contribution in [3.05, 3.63) is 59.4 Å². The molecule has 0 spiro atoms. The van der Waals surface area contributed by atoms with Gasteiger partial charge in [0.25, 0.3) is 0 Å². The smallest absolute Gasteiger partial charge is 0.231 e. The Morgan fingerprint density at radius 2 is 1.70 bits per heavy atom. The van der Waals surface area contributed by atoms with Gasteiger partial charge in [-0.3, -0.25) is 4.90 Å². The van der Waals surface area contributed by atoms with Crippen molar-refractivity contribution in [1.29, 1.82) is 0 Å². The van der Waals surface area contributed by atoms with Gasteiger partial charge in [0, 0.05) is 19.6 Å². The molecule has 1 aliphatic rings. The number of hydrogen-bond donors (Lipinski definition) is 1. The van der Waals surface area contributed by atoms with E-state index in [1.54, 1.807) is 19.1 Å². The zero-order chi connectivity index (χ0) is 16.2. The Balaban J connectivity index is 1.72. The van der Waals surface area contributed by atoms with E-state index in [1.165, 1.54) is 12.1 Å². The van der Waals surface area contributed by atoms with Gasteiger partial charge in [-0.05, 0) is 42.3 Å². The molecule has 0 bridgehead atoms. The molecule has 0 aromatic heterocycles. The summed E-state index contributed by atoms with van der Waals surface area (Å²) in [5.41, 5.74) is 2.09. The van der Waals surface area contributed by atoms with Gasteiger partial charge in [-0.2, -0.15) is 0 Å². The number of aliphatic hydroxyl groups excluding tert-OH is 1. The summed E-state index contributed by atoms with van der Waals surface area (Å²) < 4.78 is 23.7. The summed E-state index contributed by atoms with van der Waals surface area (Å²) in [5, 5.41) is 9.73. The van der Waals surface area contributed by atoms with Crippen LogP contribution in [-0.4, -0.2) is 29.4 Å². The average molecular weight is 317 g/mol. The lowest BCUT2D eigenvalue weighted by atomic mass is 10.1. The van der Waals surface area contributed by atoms with E-state index in [0.717, 1.165) is 22.6 Å². The molecular weight excluding hydrogens is 297 g/mol. The van der Waals surface area contributed by atoms with E-state index >= 15 is 0 Å². The summed E-state index contributed by atoms with van der Waals surface area (Å²) in [6.07, 6.45) is -0.440. The SMILES string of the molecule is C[C@H](O)CN(Cc1ccc(F)cc1)Cc1ccc2c(c1)OCO2. The molecule has 0 fully saturated rings. The molecule has 4 nitrogen and oxygen atoms in total. The molecule has 1 heterocycles. The first-order valence-corrected chi connectivity index (χ1v) is 7.63. The Hall–Kier alpha value is -2.11. The van der Waals surface area contributed by atoms with E-state index in [4.69, 9.17) is 9.47 Å². The van der Waals surface area contributed by atoms with Crippen molar-refractivity contribution in [2.24, 2.45) is 0 Å². The summed E-state index contributed by atoms with van der Waals surface area (Å²) in [7, 11) is 0. The monoisotopic (exact) mass is 317 g/mol. The Labute approximate surface area is 135 Å². The van der Waals surface area contributed by atoms with Crippen molar-refractivity contribution in [2.45, 2.75) is 26.1 Å². The lowest BCUT2D eigenvalue weighted by molar-refractivity contribution is 0.118. The Bertz CT molecular complexity index is 658. The van der Waals surface area contributed by atoms with Crippen LogP contribution in [0.5, 0.6) is 11.5 Å². The fourth-order valence-electron chi connectivity index (χ4n) is 2.70. The zero-order valence-corrected chi connectivity index (χ0v) is 13.0. The van der Waals surface area contributed by atoms with E-state index in [9.17, 15) is 9.50 Å². The van der Waals surface area contributed by atoms with E-state index in [1.807, 2.05) is 18.2 Å². The Kier molecular flexibility index (Phi) is 4.79. The van der Waals surface area contributed by atoms with Crippen molar-refractivity contribution in [3.8, 4) is 11.5 Å². The number of hydrogen-bond acceptors (Lipinski definition) is 4. The molecule has 0 unspecified atom stereocenters. The van der Waals surface area contributed by atoms with Crippen molar-refractivity contribution in [1.82, 2.24) is 4.90 Å². The van der Waals surface area contributed by atoms with E-state index < -0.39 is 6.10 Å². The molecule has 2 aromatic carbocycles. The minimum Gasteiger partial charge on any atom is -0.454 e. The zero-order valence-electron chi connectivity index (χ0n) is 13.0. The summed E-state index contributed by atoms with van der Waals surface area (Å²) in [5.74, 6) is 1.27. The maximum atomic E-state index is 13.0. The highest BCUT2D eigenvalue weighted by molar-refractivity contribution is 5.44. The molecule has 1 aliphatic heterocycles. The predicted molar refractivity (Wildman–Crippen MR) is 84.8 cm³/mol. The van der Waals surface area contributed by atoms with Crippen LogP contribution in [0.15, 0.2) is 42.5 Å². The maximum absolute atomic E-state index is 13.0. The second-order valence-electron chi connectivity index (χ2n) is 5.83. The lowest BCUT2D eigenvalue weighted by Crippen LogP contribution is -2.30. The van der Waals surface area contributed by atoms with Crippen molar-refractivity contribution < 1.29 is 19.0 Å². The molecule has 0 amide bonds. The van der Waals surface area contributed by atoms with Gasteiger partial charge in [-0.15, -0.1) is 0 Å². The van der Waals surface area contributed by atoms with E-state index in [-0.39, 0.29) is 12.6 Å². The Morgan fingerprint density at radius 3 is 2.43 bits per heavy atom. The van der Waals surface area contributed by atoms with Gasteiger partial charge in [-0.1, -0.05) is 18.2 Å². The van der Waals surface area contributed by atoms with Crippen LogP contribution < -0.4 is 9.47 Å². The third kappa shape index (κ3) is 4.21. The van der Waals surface area contributed by atoms with Crippen LogP contribution in [0.3, 0.4) is 0 Å². The van der Waals surface area contributed by atoms with Crippen LogP contribution >= 0.6 is 0 Å². The van der Waals surface area contributed by atoms with E-state index in [0.29, 0.717) is 19.6 Å². The number of halogens is 1. The van der Waals surface area contributed by atoms with Crippen LogP contribution in [0.1, 0.15) is 18.1 Å². The van der Waals surface area contributed by atoms with Gasteiger partial charge in [0.2, 0.25) is 6.79 Å². The lowest BCUT2D eigenvalue weighted by Gasteiger charge is -2.24. The highest BCUT2D eigenvalue weighted by Gasteiger charge is 2.15. The minimum atomic E-state index is -0.440. The largest absolute Gasteiger partial charge is 0.454 e. The number of aliphatic hydroxyl groups is 1. The molecule has 0 saturated heterocycles. The summed E-state index contributed by atoms with van der Waals surface area (Å²) in [6, 6.07) is 12.3. The molecule has 2 aromatic rings. The first kappa shape index (κ1) is 15.8. The topological polar surface area (TPSA) is 41.9 Å². The fourth-order valence-corrected chi connectivity index (χ4v) is 2.70. The molecule has 1 atom stereocenters. The first-order valence-electron chi connectivity index (χ1n) is 7.63. The predicted octanol–water partition coefficient (Wildman–Crippen LogP) is 2.94. The van der Waals surface area contributed by atoms with Crippen molar-refractivity contribution in [3.63, 3.8) is 0 Å². The normalized spacial score (nSPS) is 14.3. The third-order valence-electron chi connectivity index (χ3n) is 3.69. The molecule has 23 heavy (non-hydrogen) atoms. The third-order valence-corrected chi connectivity index (χ3v) is 3.69. The van der Waals surface area contributed by atoms with Crippen molar-refractivity contribution in [2.75, 3.05) is 13.3 Å². The number of benzene rings is 2. The van der Waals surface area contributed by atoms with E-state index in [2.05, 4.69) is 4.90 Å². The maximum Gasteiger partial charge on any atom is 0.231 e. The second-order valence-corrected chi connectivity index (χ2v) is 5.83. The molecule has 1 N–H and O–H groups in total. The molecule has 3 rings (SSSR count). The average Bonchev–Trinajstić information content (AvgIpc) is 2.96. The summed E-state index contributed by atoms with van der Waals surface area (Å²) >= 11 is 0. The minimum absolute atomic E-state index is 0.244. The fraction of sp³-hybridized carbons (Fsp3) is 0.333. The number of rotatable bonds is 6. The van der Waals surface area contributed by atoms with Crippen LogP contribution in [-0.2, 0) is 13.1 Å². The number of ether oxygens (including phenoxy) is 2. The van der Waals surface area contributed by atoms with Crippen molar-refractivity contribution >= 4 is 0 Å². The van der Waals surface area contributed by atoms with Crippen LogP contribution in [0.2, 0.25) is 0 Å². The number of fused-ring (bicyclic) bond motifs is 1. The summed E-state index contributed by atoms with van der Waals surface area (Å²) in [4.78, 5) is 2.12. The first-order chi connectivity index (χ1) is 11.1. The van der Waals surface area contributed by atoms with Gasteiger partial charge in [-0.25, -0.2) is 4.39 Å². The molecule has 0 radical (unpaired) electrons. The highest BCUT2D eigenvalue weighted by atomic mass is 19.1. The van der Waals surface area contributed by atoms with Crippen LogP contribution in [0, 0.1) is 5.82 Å². The van der Waals surface area contributed by atoms with Gasteiger partial charge in [0.15, 0.2) is 11.5 Å². The molecule has 0 saturated carbocycles. The molecule has 122 valence electrons.